The maximum absolute atomic E-state index is 4.91. The summed E-state index contributed by atoms with van der Waals surface area (Å²) in [6.07, 6.45) is -0.208. The summed E-state index contributed by atoms with van der Waals surface area (Å²) < 4.78 is 9.66. The number of ether oxygens (including phenoxy) is 2. The molecule has 1 rings (SSSR count). The average Bonchev–Trinajstić information content (AvgIpc) is 2.14. The van der Waals surface area contributed by atoms with Gasteiger partial charge >= 0.3 is 0 Å². The van der Waals surface area contributed by atoms with Crippen molar-refractivity contribution in [2.75, 3.05) is 13.7 Å². The van der Waals surface area contributed by atoms with Crippen molar-refractivity contribution in [3.8, 4) is 0 Å². The number of rotatable bonds is 1. The molecule has 0 amide bonds. The largest absolute Gasteiger partial charge is 0.343 e. The molecule has 0 aromatic rings. The van der Waals surface area contributed by atoms with E-state index in [0.717, 1.165) is 0 Å². The van der Waals surface area contributed by atoms with E-state index >= 15 is 0 Å². The first-order chi connectivity index (χ1) is 3.43. The van der Waals surface area contributed by atoms with Gasteiger partial charge in [0.15, 0.2) is 0 Å². The summed E-state index contributed by atoms with van der Waals surface area (Å²) in [7, 11) is 1.59. The molecule has 1 N–H and O–H groups in total. The lowest BCUT2D eigenvalue weighted by molar-refractivity contribution is -0.100. The highest BCUT2D eigenvalue weighted by Gasteiger charge is 2.11. The third-order valence-corrected chi connectivity index (χ3v) is 0.799. The normalized spacial score (nSPS) is 31.3. The first-order valence-electron chi connectivity index (χ1n) is 2.15. The minimum Gasteiger partial charge on any atom is -0.343 e. The average molecular weight is 102 g/mol. The summed E-state index contributed by atoms with van der Waals surface area (Å²) in [6.45, 7) is 2.45. The highest BCUT2D eigenvalue weighted by Crippen LogP contribution is 1.96. The predicted octanol–water partition coefficient (Wildman–Crippen LogP) is -0.302. The van der Waals surface area contributed by atoms with E-state index in [1.165, 1.54) is 0 Å². The Labute approximate surface area is 42.6 Å². The van der Waals surface area contributed by atoms with Crippen LogP contribution in [-0.2, 0) is 9.47 Å². The van der Waals surface area contributed by atoms with Crippen LogP contribution in [-0.4, -0.2) is 20.1 Å². The second-order valence-electron chi connectivity index (χ2n) is 1.27. The molecule has 0 aromatic carbocycles. The Morgan fingerprint density at radius 3 is 3.14 bits per heavy atom. The van der Waals surface area contributed by atoms with Gasteiger partial charge < -0.3 is 9.47 Å². The minimum atomic E-state index is -0.208. The molecule has 0 saturated carbocycles. The molecule has 0 spiro atoms. The molecule has 0 aromatic heterocycles. The van der Waals surface area contributed by atoms with Crippen molar-refractivity contribution >= 4 is 0 Å². The Morgan fingerprint density at radius 2 is 2.86 bits per heavy atom. The molecule has 1 fully saturated rings. The van der Waals surface area contributed by atoms with Gasteiger partial charge in [0.1, 0.15) is 0 Å². The molecule has 41 valence electrons. The van der Waals surface area contributed by atoms with Crippen molar-refractivity contribution in [2.45, 2.75) is 6.41 Å². The molecule has 1 saturated heterocycles. The summed E-state index contributed by atoms with van der Waals surface area (Å²) in [5, 5.41) is 2.84. The molecule has 1 radical (unpaired) electrons. The molecular weight excluding hydrogens is 94.0 g/mol. The topological polar surface area (TPSA) is 30.5 Å². The summed E-state index contributed by atoms with van der Waals surface area (Å²) >= 11 is 0. The fourth-order valence-electron chi connectivity index (χ4n) is 0.464. The second-order valence-corrected chi connectivity index (χ2v) is 1.27. The molecule has 0 aliphatic carbocycles. The van der Waals surface area contributed by atoms with Crippen LogP contribution >= 0.6 is 0 Å². The first kappa shape index (κ1) is 5.03. The Hall–Kier alpha value is -0.120. The van der Waals surface area contributed by atoms with Crippen LogP contribution in [0.25, 0.3) is 0 Å². The maximum atomic E-state index is 4.91. The molecule has 1 aliphatic rings. The molecule has 3 nitrogen and oxygen atoms in total. The molecule has 3 heteroatoms. The zero-order chi connectivity index (χ0) is 5.11. The highest BCUT2D eigenvalue weighted by molar-refractivity contribution is 4.65. The predicted molar refractivity (Wildman–Crippen MR) is 24.2 cm³/mol. The van der Waals surface area contributed by atoms with Crippen molar-refractivity contribution in [3.63, 3.8) is 0 Å². The van der Waals surface area contributed by atoms with E-state index in [1.54, 1.807) is 7.11 Å². The molecule has 1 unspecified atom stereocenters. The molecule has 1 atom stereocenters. The lowest BCUT2D eigenvalue weighted by Crippen LogP contribution is -2.21. The van der Waals surface area contributed by atoms with Crippen molar-refractivity contribution in [1.29, 1.82) is 0 Å². The molecule has 0 bridgehead atoms. The third-order valence-electron chi connectivity index (χ3n) is 0.799. The van der Waals surface area contributed by atoms with Gasteiger partial charge in [-0.15, -0.1) is 0 Å². The van der Waals surface area contributed by atoms with Crippen molar-refractivity contribution in [3.05, 3.63) is 6.54 Å². The van der Waals surface area contributed by atoms with Gasteiger partial charge in [-0.2, -0.15) is 0 Å². The second kappa shape index (κ2) is 2.26. The van der Waals surface area contributed by atoms with Crippen LogP contribution in [0.5, 0.6) is 0 Å². The van der Waals surface area contributed by atoms with Gasteiger partial charge in [-0.05, 0) is 0 Å². The SMILES string of the molecule is COC1N[CH]CO1. The lowest BCUT2D eigenvalue weighted by Gasteiger charge is -2.03. The maximum Gasteiger partial charge on any atom is 0.216 e. The quantitative estimate of drug-likeness (QED) is 0.493. The van der Waals surface area contributed by atoms with Gasteiger partial charge in [-0.3, -0.25) is 5.32 Å². The first-order valence-corrected chi connectivity index (χ1v) is 2.15. The Morgan fingerprint density at radius 1 is 2.00 bits per heavy atom. The summed E-state index contributed by atoms with van der Waals surface area (Å²) in [6, 6.07) is 0. The number of methoxy groups -OCH3 is 1. The van der Waals surface area contributed by atoms with Gasteiger partial charge in [-0.1, -0.05) is 0 Å². The summed E-state index contributed by atoms with van der Waals surface area (Å²) in [5.74, 6) is 0. The molecule has 1 aliphatic heterocycles. The van der Waals surface area contributed by atoms with Crippen molar-refractivity contribution in [2.24, 2.45) is 0 Å². The van der Waals surface area contributed by atoms with E-state index in [9.17, 15) is 0 Å². The van der Waals surface area contributed by atoms with Gasteiger partial charge in [0.2, 0.25) is 6.41 Å². The zero-order valence-corrected chi connectivity index (χ0v) is 4.18. The van der Waals surface area contributed by atoms with Crippen molar-refractivity contribution < 1.29 is 9.47 Å². The fourth-order valence-corrected chi connectivity index (χ4v) is 0.464. The van der Waals surface area contributed by atoms with E-state index in [1.807, 2.05) is 6.54 Å². The Bertz CT molecular complexity index is 51.7. The van der Waals surface area contributed by atoms with Gasteiger partial charge in [0.25, 0.3) is 0 Å². The van der Waals surface area contributed by atoms with E-state index in [0.29, 0.717) is 6.61 Å². The van der Waals surface area contributed by atoms with Crippen LogP contribution in [0.2, 0.25) is 0 Å². The summed E-state index contributed by atoms with van der Waals surface area (Å²) in [5.41, 5.74) is 0. The molecule has 1 heterocycles. The smallest absolute Gasteiger partial charge is 0.216 e. The van der Waals surface area contributed by atoms with Crippen LogP contribution in [0.1, 0.15) is 0 Å². The Kier molecular flexibility index (Phi) is 1.62. The molecule has 7 heavy (non-hydrogen) atoms. The van der Waals surface area contributed by atoms with E-state index in [2.05, 4.69) is 5.32 Å². The van der Waals surface area contributed by atoms with E-state index in [4.69, 9.17) is 9.47 Å². The standard InChI is InChI=1S/C4H8NO2/c1-6-4-5-2-3-7-4/h2,4-5H,3H2,1H3. The van der Waals surface area contributed by atoms with Crippen LogP contribution < -0.4 is 5.32 Å². The fraction of sp³-hybridized carbons (Fsp3) is 0.750. The number of hydrogen-bond donors (Lipinski definition) is 1. The van der Waals surface area contributed by atoms with Crippen LogP contribution in [0.3, 0.4) is 0 Å². The third kappa shape index (κ3) is 1.12. The van der Waals surface area contributed by atoms with E-state index in [-0.39, 0.29) is 6.41 Å². The van der Waals surface area contributed by atoms with Gasteiger partial charge in [0.05, 0.1) is 13.2 Å². The van der Waals surface area contributed by atoms with Crippen LogP contribution in [0.15, 0.2) is 0 Å². The lowest BCUT2D eigenvalue weighted by atomic mass is 10.7. The number of nitrogens with one attached hydrogen (secondary N) is 1. The van der Waals surface area contributed by atoms with E-state index < -0.39 is 0 Å². The minimum absolute atomic E-state index is 0.208. The Balaban J connectivity index is 2.14. The number of hydrogen-bond acceptors (Lipinski definition) is 3. The highest BCUT2D eigenvalue weighted by atomic mass is 16.7. The summed E-state index contributed by atoms with van der Waals surface area (Å²) in [4.78, 5) is 0. The van der Waals surface area contributed by atoms with Crippen molar-refractivity contribution in [1.82, 2.24) is 5.32 Å². The monoisotopic (exact) mass is 102 g/mol. The zero-order valence-electron chi connectivity index (χ0n) is 4.18. The van der Waals surface area contributed by atoms with Crippen LogP contribution in [0, 0.1) is 6.54 Å². The molecular formula is C4H8NO2. The van der Waals surface area contributed by atoms with Crippen LogP contribution in [0.4, 0.5) is 0 Å². The van der Waals surface area contributed by atoms with Gasteiger partial charge in [0, 0.05) is 7.11 Å². The van der Waals surface area contributed by atoms with Gasteiger partial charge in [-0.25, -0.2) is 0 Å².